The third kappa shape index (κ3) is 4.59. The van der Waals surface area contributed by atoms with E-state index in [-0.39, 0.29) is 21.7 Å². The van der Waals surface area contributed by atoms with Crippen LogP contribution in [-0.4, -0.2) is 0 Å². The molecule has 0 aliphatic heterocycles. The van der Waals surface area contributed by atoms with Crippen molar-refractivity contribution in [3.8, 4) is 33.4 Å². The van der Waals surface area contributed by atoms with Gasteiger partial charge in [0.1, 0.15) is 11.2 Å². The monoisotopic (exact) mass is 739 g/mol. The fraction of sp³-hybridized carbons (Fsp3) is 0.236. The predicted molar refractivity (Wildman–Crippen MR) is 240 cm³/mol. The fourth-order valence-corrected chi connectivity index (χ4v) is 10.8. The molecule has 8 aromatic rings. The highest BCUT2D eigenvalue weighted by molar-refractivity contribution is 6.15. The van der Waals surface area contributed by atoms with Gasteiger partial charge in [-0.2, -0.15) is 0 Å². The minimum atomic E-state index is -0.163. The molecule has 0 bridgehead atoms. The van der Waals surface area contributed by atoms with Crippen LogP contribution in [0.5, 0.6) is 0 Å². The molecule has 3 aliphatic carbocycles. The zero-order valence-electron chi connectivity index (χ0n) is 34.6. The van der Waals surface area contributed by atoms with Crippen molar-refractivity contribution in [3.05, 3.63) is 172 Å². The Bertz CT molecular complexity index is 2930. The first-order valence-electron chi connectivity index (χ1n) is 20.6. The van der Waals surface area contributed by atoms with Crippen LogP contribution in [0, 0.1) is 0 Å². The largest absolute Gasteiger partial charge is 0.456 e. The lowest BCUT2D eigenvalue weighted by molar-refractivity contribution is 0.587. The van der Waals surface area contributed by atoms with Crippen molar-refractivity contribution in [2.24, 2.45) is 0 Å². The van der Waals surface area contributed by atoms with Gasteiger partial charge in [0.25, 0.3) is 0 Å². The SMILES string of the molecule is CC(C)(C)c1ccc2c(c1)oc1ccc3c(c12)-c1cc(N(c2ccc4c(c2)C(C)(C)c2ccccc2-4)c2ccc4c(c2)C(C)(C)c2ccccc2-4)ccc1C3(C)C. The van der Waals surface area contributed by atoms with Gasteiger partial charge in [-0.05, 0) is 126 Å². The van der Waals surface area contributed by atoms with E-state index in [1.807, 2.05) is 0 Å². The van der Waals surface area contributed by atoms with E-state index in [4.69, 9.17) is 4.42 Å². The van der Waals surface area contributed by atoms with Crippen LogP contribution in [0.2, 0.25) is 0 Å². The van der Waals surface area contributed by atoms with E-state index in [9.17, 15) is 0 Å². The standard InChI is InChI=1S/C55H49NO/c1-52(2,3)32-18-22-40-49(28-32)57-48-27-26-45-50(51(40)48)41-29-33(21-25-44(41)53(45,4)5)56(34-19-23-38-36-14-10-12-16-42(36)54(6,7)46(38)30-34)35-20-24-39-37-15-11-13-17-43(37)55(8,9)47(39)31-35/h10-31H,1-9H3. The Hall–Kier alpha value is -5.86. The average Bonchev–Trinajstić information content (AvgIpc) is 3.83. The maximum atomic E-state index is 6.68. The van der Waals surface area contributed by atoms with Crippen LogP contribution in [0.1, 0.15) is 101 Å². The number of nitrogens with zero attached hydrogens (tertiary/aromatic N) is 1. The van der Waals surface area contributed by atoms with Crippen molar-refractivity contribution in [2.75, 3.05) is 4.90 Å². The quantitative estimate of drug-likeness (QED) is 0.179. The van der Waals surface area contributed by atoms with Gasteiger partial charge >= 0.3 is 0 Å². The fourth-order valence-electron chi connectivity index (χ4n) is 10.8. The summed E-state index contributed by atoms with van der Waals surface area (Å²) in [6, 6.07) is 50.7. The van der Waals surface area contributed by atoms with Gasteiger partial charge in [-0.25, -0.2) is 0 Å². The Labute approximate surface area is 336 Å². The third-order valence-electron chi connectivity index (χ3n) is 14.0. The zero-order valence-corrected chi connectivity index (χ0v) is 34.6. The maximum Gasteiger partial charge on any atom is 0.136 e. The number of anilines is 3. The number of furan rings is 1. The summed E-state index contributed by atoms with van der Waals surface area (Å²) in [6.45, 7) is 21.1. The molecule has 7 aromatic carbocycles. The molecule has 0 unspecified atom stereocenters. The first-order valence-corrected chi connectivity index (χ1v) is 20.6. The van der Waals surface area contributed by atoms with Crippen molar-refractivity contribution >= 4 is 39.0 Å². The molecular weight excluding hydrogens is 691 g/mol. The van der Waals surface area contributed by atoms with Gasteiger partial charge in [0.05, 0.1) is 0 Å². The smallest absolute Gasteiger partial charge is 0.136 e. The first kappa shape index (κ1) is 34.4. The highest BCUT2D eigenvalue weighted by Gasteiger charge is 2.40. The maximum absolute atomic E-state index is 6.68. The number of hydrogen-bond donors (Lipinski definition) is 0. The molecular formula is C55H49NO. The highest BCUT2D eigenvalue weighted by atomic mass is 16.3. The van der Waals surface area contributed by atoms with Gasteiger partial charge < -0.3 is 9.32 Å². The molecule has 0 radical (unpaired) electrons. The molecule has 1 heterocycles. The van der Waals surface area contributed by atoms with Gasteiger partial charge in [-0.15, -0.1) is 0 Å². The Kier molecular flexibility index (Phi) is 6.74. The van der Waals surface area contributed by atoms with E-state index >= 15 is 0 Å². The second kappa shape index (κ2) is 11.2. The van der Waals surface area contributed by atoms with Crippen molar-refractivity contribution in [2.45, 2.75) is 84.0 Å². The molecule has 3 aliphatic rings. The van der Waals surface area contributed by atoms with Crippen LogP contribution in [0.3, 0.4) is 0 Å². The second-order valence-corrected chi connectivity index (χ2v) is 19.4. The van der Waals surface area contributed by atoms with Crippen LogP contribution in [0.15, 0.2) is 138 Å². The molecule has 1 aromatic heterocycles. The number of fused-ring (bicyclic) bond motifs is 13. The van der Waals surface area contributed by atoms with E-state index in [1.54, 1.807) is 0 Å². The summed E-state index contributed by atoms with van der Waals surface area (Å²) in [7, 11) is 0. The molecule has 2 nitrogen and oxygen atoms in total. The topological polar surface area (TPSA) is 16.4 Å². The van der Waals surface area contributed by atoms with Gasteiger partial charge in [0, 0.05) is 44.1 Å². The molecule has 2 heteroatoms. The third-order valence-corrected chi connectivity index (χ3v) is 14.0. The van der Waals surface area contributed by atoms with Crippen molar-refractivity contribution in [1.82, 2.24) is 0 Å². The van der Waals surface area contributed by atoms with Gasteiger partial charge in [-0.3, -0.25) is 0 Å². The Morgan fingerprint density at radius 2 is 0.912 bits per heavy atom. The molecule has 57 heavy (non-hydrogen) atoms. The molecule has 11 rings (SSSR count). The summed E-state index contributed by atoms with van der Waals surface area (Å²) in [5.41, 5.74) is 22.5. The van der Waals surface area contributed by atoms with E-state index in [1.165, 1.54) is 94.5 Å². The molecule has 0 atom stereocenters. The number of benzene rings is 7. The molecule has 280 valence electrons. The van der Waals surface area contributed by atoms with Crippen molar-refractivity contribution in [3.63, 3.8) is 0 Å². The average molecular weight is 740 g/mol. The minimum Gasteiger partial charge on any atom is -0.456 e. The van der Waals surface area contributed by atoms with Gasteiger partial charge in [0.15, 0.2) is 0 Å². The Morgan fingerprint density at radius 3 is 1.51 bits per heavy atom. The number of hydrogen-bond acceptors (Lipinski definition) is 2. The Balaban J connectivity index is 1.15. The molecule has 0 saturated carbocycles. The lowest BCUT2D eigenvalue weighted by atomic mass is 9.81. The van der Waals surface area contributed by atoms with Crippen LogP contribution >= 0.6 is 0 Å². The van der Waals surface area contributed by atoms with Crippen LogP contribution in [-0.2, 0) is 21.7 Å². The second-order valence-electron chi connectivity index (χ2n) is 19.4. The number of rotatable bonds is 3. The Morgan fingerprint density at radius 1 is 0.421 bits per heavy atom. The van der Waals surface area contributed by atoms with E-state index in [0.29, 0.717) is 0 Å². The van der Waals surface area contributed by atoms with Crippen LogP contribution < -0.4 is 4.90 Å². The molecule has 0 saturated heterocycles. The summed E-state index contributed by atoms with van der Waals surface area (Å²) >= 11 is 0. The van der Waals surface area contributed by atoms with Gasteiger partial charge in [-0.1, -0.05) is 147 Å². The predicted octanol–water partition coefficient (Wildman–Crippen LogP) is 15.3. The summed E-state index contributed by atoms with van der Waals surface area (Å²) in [4.78, 5) is 2.51. The molecule has 0 fully saturated rings. The lowest BCUT2D eigenvalue weighted by Gasteiger charge is -2.30. The van der Waals surface area contributed by atoms with Crippen molar-refractivity contribution < 1.29 is 4.42 Å². The van der Waals surface area contributed by atoms with E-state index < -0.39 is 0 Å². The summed E-state index contributed by atoms with van der Waals surface area (Å²) < 4.78 is 6.68. The van der Waals surface area contributed by atoms with Crippen LogP contribution in [0.25, 0.3) is 55.3 Å². The van der Waals surface area contributed by atoms with Crippen molar-refractivity contribution in [1.29, 1.82) is 0 Å². The zero-order chi connectivity index (χ0) is 39.4. The van der Waals surface area contributed by atoms with E-state index in [0.717, 1.165) is 16.9 Å². The minimum absolute atomic E-state index is 0.0349. The normalized spacial score (nSPS) is 16.2. The summed E-state index contributed by atoms with van der Waals surface area (Å²) in [5, 5.41) is 2.40. The molecule has 0 amide bonds. The van der Waals surface area contributed by atoms with E-state index in [2.05, 4.69) is 201 Å². The molecule has 0 spiro atoms. The molecule has 0 N–H and O–H groups in total. The summed E-state index contributed by atoms with van der Waals surface area (Å²) in [6.07, 6.45) is 0. The summed E-state index contributed by atoms with van der Waals surface area (Å²) in [5.74, 6) is 0. The van der Waals surface area contributed by atoms with Gasteiger partial charge in [0.2, 0.25) is 0 Å². The first-order chi connectivity index (χ1) is 27.2. The highest BCUT2D eigenvalue weighted by Crippen LogP contribution is 2.57. The van der Waals surface area contributed by atoms with Crippen LogP contribution in [0.4, 0.5) is 17.1 Å². The lowest BCUT2D eigenvalue weighted by Crippen LogP contribution is -2.18.